The topological polar surface area (TPSA) is 48.8 Å². The van der Waals surface area contributed by atoms with E-state index in [-0.39, 0.29) is 5.92 Å². The molecule has 0 radical (unpaired) electrons. The molecule has 0 bridgehead atoms. The van der Waals surface area contributed by atoms with Gasteiger partial charge in [-0.1, -0.05) is 133 Å². The summed E-state index contributed by atoms with van der Waals surface area (Å²) in [6, 6.07) is 59.3. The van der Waals surface area contributed by atoms with Crippen LogP contribution >= 0.6 is 0 Å². The minimum absolute atomic E-state index is 0.267. The van der Waals surface area contributed by atoms with Gasteiger partial charge in [-0.15, -0.1) is 0 Å². The molecule has 14 rings (SSSR count). The molecule has 264 valence electrons. The van der Waals surface area contributed by atoms with Gasteiger partial charge in [0.05, 0.1) is 27.5 Å². The van der Waals surface area contributed by atoms with Gasteiger partial charge >= 0.3 is 0 Å². The minimum Gasteiger partial charge on any atom is -0.437 e. The normalized spacial score (nSPS) is 14.4. The van der Waals surface area contributed by atoms with E-state index in [2.05, 4.69) is 161 Å². The third kappa shape index (κ3) is 3.74. The van der Waals surface area contributed by atoms with Crippen LogP contribution in [-0.2, 0) is 6.42 Å². The lowest BCUT2D eigenvalue weighted by molar-refractivity contribution is 0.650. The second kappa shape index (κ2) is 10.6. The highest BCUT2D eigenvalue weighted by atomic mass is 16.3. The maximum atomic E-state index is 6.68. The first-order valence-electron chi connectivity index (χ1n) is 19.7. The second-order valence-electron chi connectivity index (χ2n) is 15.6. The molecule has 0 saturated heterocycles. The number of furan rings is 1. The van der Waals surface area contributed by atoms with Gasteiger partial charge in [0.25, 0.3) is 0 Å². The summed E-state index contributed by atoms with van der Waals surface area (Å²) in [7, 11) is 0. The fourth-order valence-corrected chi connectivity index (χ4v) is 10.6. The van der Waals surface area contributed by atoms with Gasteiger partial charge in [-0.25, -0.2) is 0 Å². The Labute approximate surface area is 325 Å². The summed E-state index contributed by atoms with van der Waals surface area (Å²) in [4.78, 5) is 10.9. The molecule has 5 heteroatoms. The van der Waals surface area contributed by atoms with Crippen LogP contribution in [-0.4, -0.2) is 19.1 Å². The maximum absolute atomic E-state index is 6.68. The van der Waals surface area contributed by atoms with Crippen LogP contribution in [0.3, 0.4) is 0 Å². The van der Waals surface area contributed by atoms with E-state index in [4.69, 9.17) is 14.4 Å². The van der Waals surface area contributed by atoms with Crippen LogP contribution < -0.4 is 0 Å². The highest BCUT2D eigenvalue weighted by molar-refractivity contribution is 6.22. The number of aromatic nitrogens is 4. The highest BCUT2D eigenvalue weighted by Crippen LogP contribution is 2.59. The Kier molecular flexibility index (Phi) is 5.55. The van der Waals surface area contributed by atoms with Crippen molar-refractivity contribution >= 4 is 76.5 Å². The Hall–Kier alpha value is -7.50. The average molecular weight is 727 g/mol. The SMILES string of the molecule is c1ccc2c(c1)CC1c3c-2cc2c(c3-c3ccc4ccccc4c31)c1ccccc1n2-c1nc(-n2c3ccccc3c3ccccc32)nc2oc3ccccc3c12. The smallest absolute Gasteiger partial charge is 0.240 e. The Morgan fingerprint density at radius 2 is 1.12 bits per heavy atom. The van der Waals surface area contributed by atoms with E-state index in [0.717, 1.165) is 61.4 Å². The van der Waals surface area contributed by atoms with Gasteiger partial charge in [0.2, 0.25) is 11.7 Å². The van der Waals surface area contributed by atoms with Gasteiger partial charge in [0.15, 0.2) is 5.82 Å². The van der Waals surface area contributed by atoms with Crippen LogP contribution in [0.1, 0.15) is 22.6 Å². The van der Waals surface area contributed by atoms with Gasteiger partial charge in [-0.05, 0) is 86.5 Å². The molecule has 4 heterocycles. The third-order valence-corrected chi connectivity index (χ3v) is 12.9. The zero-order chi connectivity index (χ0) is 36.9. The fourth-order valence-electron chi connectivity index (χ4n) is 10.6. The fraction of sp³-hybridized carbons (Fsp3) is 0.0385. The van der Waals surface area contributed by atoms with Gasteiger partial charge in [-0.2, -0.15) is 9.97 Å². The first-order valence-corrected chi connectivity index (χ1v) is 19.7. The zero-order valence-corrected chi connectivity index (χ0v) is 30.6. The van der Waals surface area contributed by atoms with Crippen LogP contribution in [0.25, 0.3) is 110 Å². The van der Waals surface area contributed by atoms with Gasteiger partial charge in [0.1, 0.15) is 5.58 Å². The van der Waals surface area contributed by atoms with Crippen molar-refractivity contribution in [1.82, 2.24) is 19.1 Å². The van der Waals surface area contributed by atoms with E-state index in [9.17, 15) is 0 Å². The van der Waals surface area contributed by atoms with Crippen molar-refractivity contribution in [2.24, 2.45) is 0 Å². The predicted octanol–water partition coefficient (Wildman–Crippen LogP) is 13.1. The largest absolute Gasteiger partial charge is 0.437 e. The Bertz CT molecular complexity index is 3700. The second-order valence-corrected chi connectivity index (χ2v) is 15.6. The molecule has 4 aromatic heterocycles. The Balaban J connectivity index is 1.18. The summed E-state index contributed by atoms with van der Waals surface area (Å²) in [5.41, 5.74) is 15.3. The van der Waals surface area contributed by atoms with Crippen LogP contribution in [0.15, 0.2) is 168 Å². The van der Waals surface area contributed by atoms with E-state index >= 15 is 0 Å². The standard InChI is InChI=1S/C52H30N4O/c1-4-16-32-29(13-1)25-26-37-45(32)39-27-30-14-2-3-15-31(30)38-28-43-47(48(37)46(38)39)35-19-7-11-23-42(35)55(43)50-49-36-20-8-12-24-44(36)57-51(49)54-52(53-50)56-40-21-9-5-17-33(40)34-18-6-10-22-41(34)56/h1-26,28,39H,27H2. The van der Waals surface area contributed by atoms with Crippen molar-refractivity contribution in [2.75, 3.05) is 0 Å². The summed E-state index contributed by atoms with van der Waals surface area (Å²) in [5.74, 6) is 1.64. The van der Waals surface area contributed by atoms with Crippen LogP contribution in [0.5, 0.6) is 0 Å². The van der Waals surface area contributed by atoms with E-state index < -0.39 is 0 Å². The van der Waals surface area contributed by atoms with Crippen molar-refractivity contribution < 1.29 is 4.42 Å². The van der Waals surface area contributed by atoms with Crippen LogP contribution in [0.4, 0.5) is 0 Å². The molecule has 2 aliphatic carbocycles. The quantitative estimate of drug-likeness (QED) is 0.178. The first kappa shape index (κ1) is 29.8. The summed E-state index contributed by atoms with van der Waals surface area (Å²) < 4.78 is 11.3. The lowest BCUT2D eigenvalue weighted by atomic mass is 9.77. The summed E-state index contributed by atoms with van der Waals surface area (Å²) >= 11 is 0. The number of fused-ring (bicyclic) bond motifs is 17. The molecule has 0 fully saturated rings. The molecule has 2 aliphatic rings. The highest BCUT2D eigenvalue weighted by Gasteiger charge is 2.39. The average Bonchev–Trinajstić information content (AvgIpc) is 4.00. The third-order valence-electron chi connectivity index (χ3n) is 12.9. The number of benzene rings is 8. The van der Waals surface area contributed by atoms with E-state index in [1.54, 1.807) is 0 Å². The van der Waals surface area contributed by atoms with E-state index in [1.807, 2.05) is 12.1 Å². The molecule has 0 spiro atoms. The lowest BCUT2D eigenvalue weighted by Gasteiger charge is -2.26. The van der Waals surface area contributed by atoms with Crippen LogP contribution in [0.2, 0.25) is 0 Å². The molecule has 0 amide bonds. The number of hydrogen-bond acceptors (Lipinski definition) is 3. The molecule has 0 N–H and O–H groups in total. The lowest BCUT2D eigenvalue weighted by Crippen LogP contribution is -2.10. The number of rotatable bonds is 2. The summed E-state index contributed by atoms with van der Waals surface area (Å²) in [5, 5.41) is 9.32. The molecule has 12 aromatic rings. The molecule has 5 nitrogen and oxygen atoms in total. The van der Waals surface area contributed by atoms with E-state index in [0.29, 0.717) is 11.7 Å². The molecular weight excluding hydrogens is 697 g/mol. The van der Waals surface area contributed by atoms with Gasteiger partial charge < -0.3 is 4.42 Å². The Morgan fingerprint density at radius 3 is 1.93 bits per heavy atom. The first-order chi connectivity index (χ1) is 28.3. The monoisotopic (exact) mass is 726 g/mol. The number of para-hydroxylation sites is 4. The maximum Gasteiger partial charge on any atom is 0.240 e. The predicted molar refractivity (Wildman–Crippen MR) is 232 cm³/mol. The summed E-state index contributed by atoms with van der Waals surface area (Å²) in [6.45, 7) is 0. The summed E-state index contributed by atoms with van der Waals surface area (Å²) in [6.07, 6.45) is 0.983. The molecule has 0 saturated carbocycles. The zero-order valence-electron chi connectivity index (χ0n) is 30.6. The number of nitrogens with zero attached hydrogens (tertiary/aromatic N) is 4. The molecule has 8 aromatic carbocycles. The molecule has 0 aliphatic heterocycles. The van der Waals surface area contributed by atoms with Crippen LogP contribution in [0, 0.1) is 0 Å². The van der Waals surface area contributed by atoms with Crippen molar-refractivity contribution in [3.63, 3.8) is 0 Å². The molecular formula is C52H30N4O. The molecule has 1 atom stereocenters. The molecule has 57 heavy (non-hydrogen) atoms. The van der Waals surface area contributed by atoms with Crippen molar-refractivity contribution in [2.45, 2.75) is 12.3 Å². The van der Waals surface area contributed by atoms with Crippen molar-refractivity contribution in [3.8, 4) is 34.0 Å². The minimum atomic E-state index is 0.267. The van der Waals surface area contributed by atoms with Gasteiger partial charge in [0, 0.05) is 32.8 Å². The molecule has 1 unspecified atom stereocenters. The van der Waals surface area contributed by atoms with Crippen molar-refractivity contribution in [1.29, 1.82) is 0 Å². The van der Waals surface area contributed by atoms with Crippen molar-refractivity contribution in [3.05, 3.63) is 180 Å². The number of hydrogen-bond donors (Lipinski definition) is 0. The van der Waals surface area contributed by atoms with Gasteiger partial charge in [-0.3, -0.25) is 9.13 Å². The van der Waals surface area contributed by atoms with E-state index in [1.165, 1.54) is 60.5 Å². The Morgan fingerprint density at radius 1 is 0.474 bits per heavy atom.